The van der Waals surface area contributed by atoms with Gasteiger partial charge >= 0.3 is 0 Å². The molecule has 0 bridgehead atoms. The van der Waals surface area contributed by atoms with Gasteiger partial charge in [-0.2, -0.15) is 0 Å². The van der Waals surface area contributed by atoms with Crippen molar-refractivity contribution in [3.8, 4) is 0 Å². The number of nitrogens with zero attached hydrogens (tertiary/aromatic N) is 1. The summed E-state index contributed by atoms with van der Waals surface area (Å²) < 4.78 is 0. The Morgan fingerprint density at radius 2 is 2.27 bits per heavy atom. The second kappa shape index (κ2) is 4.18. The quantitative estimate of drug-likeness (QED) is 0.637. The average Bonchev–Trinajstić information content (AvgIpc) is 2.75. The van der Waals surface area contributed by atoms with E-state index in [2.05, 4.69) is 5.32 Å². The number of carbonyl (C=O) groups is 2. The summed E-state index contributed by atoms with van der Waals surface area (Å²) in [6.45, 7) is 1.29. The van der Waals surface area contributed by atoms with Crippen LogP contribution in [0.25, 0.3) is 0 Å². The first-order chi connectivity index (χ1) is 7.19. The van der Waals surface area contributed by atoms with Crippen molar-refractivity contribution in [3.05, 3.63) is 0 Å². The van der Waals surface area contributed by atoms with E-state index in [9.17, 15) is 9.59 Å². The molecule has 0 spiro atoms. The maximum absolute atomic E-state index is 11.5. The van der Waals surface area contributed by atoms with Crippen molar-refractivity contribution >= 4 is 11.8 Å². The van der Waals surface area contributed by atoms with Gasteiger partial charge in [0.15, 0.2) is 0 Å². The first-order valence-corrected chi connectivity index (χ1v) is 5.37. The smallest absolute Gasteiger partial charge is 0.223 e. The fourth-order valence-corrected chi connectivity index (χ4v) is 2.23. The van der Waals surface area contributed by atoms with Gasteiger partial charge in [0.05, 0.1) is 0 Å². The monoisotopic (exact) mass is 212 g/mol. The van der Waals surface area contributed by atoms with Crippen molar-refractivity contribution in [2.45, 2.75) is 25.3 Å². The van der Waals surface area contributed by atoms with Crippen molar-refractivity contribution in [2.24, 2.45) is 5.92 Å². The highest BCUT2D eigenvalue weighted by Gasteiger charge is 2.32. The van der Waals surface area contributed by atoms with Crippen LogP contribution in [0.5, 0.6) is 0 Å². The number of rotatable bonds is 3. The molecule has 5 heteroatoms. The van der Waals surface area contributed by atoms with Crippen LogP contribution in [0.3, 0.4) is 0 Å². The number of amides is 2. The topological polar surface area (TPSA) is 69.6 Å². The molecule has 5 nitrogen and oxygen atoms in total. The van der Waals surface area contributed by atoms with E-state index in [-0.39, 0.29) is 30.4 Å². The van der Waals surface area contributed by atoms with Crippen LogP contribution in [-0.2, 0) is 9.59 Å². The number of aliphatic hydroxyl groups is 1. The van der Waals surface area contributed by atoms with Crippen LogP contribution in [0.4, 0.5) is 0 Å². The molecule has 2 aliphatic rings. The number of likely N-dealkylation sites (tertiary alicyclic amines) is 1. The third-order valence-electron chi connectivity index (χ3n) is 3.08. The molecule has 1 unspecified atom stereocenters. The zero-order valence-electron chi connectivity index (χ0n) is 8.61. The summed E-state index contributed by atoms with van der Waals surface area (Å²) >= 11 is 0. The SMILES string of the molecule is O=C1CC[C@H](CN2CC(CO)CC2=O)N1. The molecule has 2 N–H and O–H groups in total. The van der Waals surface area contributed by atoms with Gasteiger partial charge in [-0.25, -0.2) is 0 Å². The standard InChI is InChI=1S/C10H16N2O3/c13-6-7-3-10(15)12(4-7)5-8-1-2-9(14)11-8/h7-8,13H,1-6H2,(H,11,14)/t7?,8-/m1/s1. The van der Waals surface area contributed by atoms with E-state index in [1.54, 1.807) is 4.90 Å². The Kier molecular flexibility index (Phi) is 2.90. The number of nitrogens with one attached hydrogen (secondary N) is 1. The first-order valence-electron chi connectivity index (χ1n) is 5.37. The largest absolute Gasteiger partial charge is 0.396 e. The van der Waals surface area contributed by atoms with E-state index >= 15 is 0 Å². The summed E-state index contributed by atoms with van der Waals surface area (Å²) in [5, 5.41) is 11.8. The molecule has 0 radical (unpaired) electrons. The molecule has 84 valence electrons. The number of aliphatic hydroxyl groups excluding tert-OH is 1. The summed E-state index contributed by atoms with van der Waals surface area (Å²) in [7, 11) is 0. The normalized spacial score (nSPS) is 31.1. The van der Waals surface area contributed by atoms with Crippen molar-refractivity contribution in [3.63, 3.8) is 0 Å². The van der Waals surface area contributed by atoms with E-state index in [1.165, 1.54) is 0 Å². The Labute approximate surface area is 88.4 Å². The fourth-order valence-electron chi connectivity index (χ4n) is 2.23. The Bertz CT molecular complexity index is 280. The summed E-state index contributed by atoms with van der Waals surface area (Å²) in [6.07, 6.45) is 1.82. The van der Waals surface area contributed by atoms with Gasteiger partial charge in [-0.1, -0.05) is 0 Å². The molecule has 2 heterocycles. The van der Waals surface area contributed by atoms with E-state index < -0.39 is 0 Å². The van der Waals surface area contributed by atoms with Gasteiger partial charge in [0, 0.05) is 44.5 Å². The number of hydrogen-bond acceptors (Lipinski definition) is 3. The molecule has 0 aromatic carbocycles. The van der Waals surface area contributed by atoms with Crippen molar-refractivity contribution in [1.82, 2.24) is 10.2 Å². The van der Waals surface area contributed by atoms with Crippen molar-refractivity contribution in [1.29, 1.82) is 0 Å². The summed E-state index contributed by atoms with van der Waals surface area (Å²) in [4.78, 5) is 24.2. The lowest BCUT2D eigenvalue weighted by Gasteiger charge is -2.20. The summed E-state index contributed by atoms with van der Waals surface area (Å²) in [5.41, 5.74) is 0. The zero-order chi connectivity index (χ0) is 10.8. The van der Waals surface area contributed by atoms with Gasteiger partial charge in [0.25, 0.3) is 0 Å². The predicted molar refractivity (Wildman–Crippen MR) is 52.9 cm³/mol. The average molecular weight is 212 g/mol. The van der Waals surface area contributed by atoms with Crippen LogP contribution >= 0.6 is 0 Å². The van der Waals surface area contributed by atoms with Crippen molar-refractivity contribution in [2.75, 3.05) is 19.7 Å². The fraction of sp³-hybridized carbons (Fsp3) is 0.800. The molecule has 0 saturated carbocycles. The van der Waals surface area contributed by atoms with Gasteiger partial charge < -0.3 is 15.3 Å². The molecular formula is C10H16N2O3. The Morgan fingerprint density at radius 3 is 2.80 bits per heavy atom. The molecule has 15 heavy (non-hydrogen) atoms. The van der Waals surface area contributed by atoms with E-state index in [4.69, 9.17) is 5.11 Å². The zero-order valence-corrected chi connectivity index (χ0v) is 8.61. The van der Waals surface area contributed by atoms with E-state index in [1.807, 2.05) is 0 Å². The molecular weight excluding hydrogens is 196 g/mol. The highest BCUT2D eigenvalue weighted by atomic mass is 16.3. The first kappa shape index (κ1) is 10.4. The molecule has 2 amide bonds. The third kappa shape index (κ3) is 2.28. The predicted octanol–water partition coefficient (Wildman–Crippen LogP) is -0.894. The van der Waals surface area contributed by atoms with Crippen LogP contribution in [0, 0.1) is 5.92 Å². The van der Waals surface area contributed by atoms with Crippen LogP contribution in [-0.4, -0.2) is 47.6 Å². The Balaban J connectivity index is 1.84. The third-order valence-corrected chi connectivity index (χ3v) is 3.08. The maximum atomic E-state index is 11.5. The van der Waals surface area contributed by atoms with Crippen molar-refractivity contribution < 1.29 is 14.7 Å². The van der Waals surface area contributed by atoms with Crippen LogP contribution in [0.1, 0.15) is 19.3 Å². The lowest BCUT2D eigenvalue weighted by Crippen LogP contribution is -2.39. The van der Waals surface area contributed by atoms with Gasteiger partial charge in [-0.3, -0.25) is 9.59 Å². The van der Waals surface area contributed by atoms with Crippen LogP contribution in [0.2, 0.25) is 0 Å². The molecule has 2 saturated heterocycles. The molecule has 0 aromatic rings. The van der Waals surface area contributed by atoms with Crippen LogP contribution < -0.4 is 5.32 Å². The number of hydrogen-bond donors (Lipinski definition) is 2. The second-order valence-electron chi connectivity index (χ2n) is 4.35. The maximum Gasteiger partial charge on any atom is 0.223 e. The molecule has 2 atom stereocenters. The highest BCUT2D eigenvalue weighted by Crippen LogP contribution is 2.19. The van der Waals surface area contributed by atoms with E-state index in [0.29, 0.717) is 25.9 Å². The van der Waals surface area contributed by atoms with Gasteiger partial charge in [-0.15, -0.1) is 0 Å². The van der Waals surface area contributed by atoms with Gasteiger partial charge in [-0.05, 0) is 6.42 Å². The molecule has 0 aromatic heterocycles. The van der Waals surface area contributed by atoms with Gasteiger partial charge in [0.2, 0.25) is 11.8 Å². The molecule has 2 rings (SSSR count). The van der Waals surface area contributed by atoms with Gasteiger partial charge in [0.1, 0.15) is 0 Å². The Morgan fingerprint density at radius 1 is 1.47 bits per heavy atom. The minimum absolute atomic E-state index is 0.0687. The Hall–Kier alpha value is -1.10. The minimum Gasteiger partial charge on any atom is -0.396 e. The lowest BCUT2D eigenvalue weighted by atomic mass is 10.1. The molecule has 0 aliphatic carbocycles. The molecule has 2 fully saturated rings. The minimum atomic E-state index is 0.0687. The second-order valence-corrected chi connectivity index (χ2v) is 4.35. The van der Waals surface area contributed by atoms with Crippen LogP contribution in [0.15, 0.2) is 0 Å². The summed E-state index contributed by atoms with van der Waals surface area (Å²) in [5.74, 6) is 0.246. The highest BCUT2D eigenvalue weighted by molar-refractivity contribution is 5.80. The summed E-state index contributed by atoms with van der Waals surface area (Å²) in [6, 6.07) is 0.110. The van der Waals surface area contributed by atoms with E-state index in [0.717, 1.165) is 6.42 Å². The molecule has 2 aliphatic heterocycles. The lowest BCUT2D eigenvalue weighted by molar-refractivity contribution is -0.128. The number of carbonyl (C=O) groups excluding carboxylic acids is 2.